The number of carbonyl (C=O) groups is 2. The predicted octanol–water partition coefficient (Wildman–Crippen LogP) is 6.72. The van der Waals surface area contributed by atoms with E-state index in [9.17, 15) is 14.7 Å². The molecule has 2 N–H and O–H groups in total. The number of rotatable bonds is 10. The second-order valence-corrected chi connectivity index (χ2v) is 11.6. The summed E-state index contributed by atoms with van der Waals surface area (Å²) in [6.45, 7) is 4.17. The van der Waals surface area contributed by atoms with E-state index < -0.39 is 11.9 Å². The number of aromatic hydroxyl groups is 1. The Morgan fingerprint density at radius 2 is 1.70 bits per heavy atom. The minimum absolute atomic E-state index is 0.0464. The van der Waals surface area contributed by atoms with Crippen molar-refractivity contribution in [2.45, 2.75) is 44.9 Å². The number of carbonyl (C=O) groups excluding carboxylic acids is 2. The van der Waals surface area contributed by atoms with Crippen molar-refractivity contribution in [2.75, 3.05) is 27.4 Å². The molecule has 0 saturated heterocycles. The Morgan fingerprint density at radius 3 is 2.41 bits per heavy atom. The number of halogens is 1. The molecule has 1 aliphatic heterocycles. The lowest BCUT2D eigenvalue weighted by Gasteiger charge is -2.37. The molecule has 0 radical (unpaired) electrons. The molecule has 1 heterocycles. The second kappa shape index (κ2) is 13.6. The fourth-order valence-electron chi connectivity index (χ4n) is 6.00. The van der Waals surface area contributed by atoms with Crippen LogP contribution in [-0.2, 0) is 20.7 Å². The van der Waals surface area contributed by atoms with Crippen LogP contribution in [-0.4, -0.2) is 44.3 Å². The average molecular weight is 663 g/mol. The number of dihydropyridines is 1. The van der Waals surface area contributed by atoms with Crippen LogP contribution in [0.15, 0.2) is 87.7 Å². The monoisotopic (exact) mass is 661 g/mol. The van der Waals surface area contributed by atoms with E-state index in [1.54, 1.807) is 26.4 Å². The number of methoxy groups -OCH3 is 2. The maximum absolute atomic E-state index is 14.1. The zero-order valence-electron chi connectivity index (χ0n) is 25.2. The number of esters is 1. The summed E-state index contributed by atoms with van der Waals surface area (Å²) in [6, 6.07) is 18.9. The SMILES string of the molecule is CCOc1cc([C@H]2C(C(=O)OCCc3ccccc3)=C(C)NC3=C2C(=O)C[C@H](c2ccc(OC)c(OC)c2)C3)cc(Br)c1O. The van der Waals surface area contributed by atoms with Gasteiger partial charge in [-0.3, -0.25) is 4.79 Å². The quantitative estimate of drug-likeness (QED) is 0.231. The number of allylic oxidation sites excluding steroid dienone is 3. The van der Waals surface area contributed by atoms with Crippen LogP contribution >= 0.6 is 15.9 Å². The van der Waals surface area contributed by atoms with E-state index in [1.165, 1.54) is 0 Å². The summed E-state index contributed by atoms with van der Waals surface area (Å²) in [5, 5.41) is 14.0. The average Bonchev–Trinajstić information content (AvgIpc) is 3.02. The van der Waals surface area contributed by atoms with Gasteiger partial charge in [-0.05, 0) is 83.1 Å². The Bertz CT molecular complexity index is 1630. The molecule has 0 spiro atoms. The molecule has 0 aromatic heterocycles. The molecule has 3 aromatic carbocycles. The minimum Gasteiger partial charge on any atom is -0.503 e. The van der Waals surface area contributed by atoms with E-state index in [1.807, 2.05) is 62.4 Å². The van der Waals surface area contributed by atoms with Gasteiger partial charge in [-0.25, -0.2) is 4.79 Å². The van der Waals surface area contributed by atoms with Gasteiger partial charge >= 0.3 is 5.97 Å². The third-order valence-corrected chi connectivity index (χ3v) is 8.68. The maximum Gasteiger partial charge on any atom is 0.336 e. The smallest absolute Gasteiger partial charge is 0.336 e. The largest absolute Gasteiger partial charge is 0.503 e. The van der Waals surface area contributed by atoms with Crippen LogP contribution < -0.4 is 19.5 Å². The molecule has 8 nitrogen and oxygen atoms in total. The zero-order chi connectivity index (χ0) is 31.4. The fourth-order valence-corrected chi connectivity index (χ4v) is 6.46. The Balaban J connectivity index is 1.53. The van der Waals surface area contributed by atoms with Gasteiger partial charge in [-0.1, -0.05) is 36.4 Å². The number of ether oxygens (including phenoxy) is 4. The lowest BCUT2D eigenvalue weighted by Crippen LogP contribution is -2.36. The van der Waals surface area contributed by atoms with E-state index >= 15 is 0 Å². The fraction of sp³-hybridized carbons (Fsp3) is 0.314. The number of benzene rings is 3. The molecule has 0 amide bonds. The number of phenols is 1. The number of ketones is 1. The molecule has 0 fully saturated rings. The van der Waals surface area contributed by atoms with Crippen LogP contribution in [0.5, 0.6) is 23.0 Å². The molecular weight excluding hydrogens is 626 g/mol. The van der Waals surface area contributed by atoms with Crippen molar-refractivity contribution >= 4 is 27.7 Å². The van der Waals surface area contributed by atoms with Crippen molar-refractivity contribution in [3.63, 3.8) is 0 Å². The van der Waals surface area contributed by atoms with Crippen molar-refractivity contribution in [3.8, 4) is 23.0 Å². The Labute approximate surface area is 265 Å². The third kappa shape index (κ3) is 6.33. The summed E-state index contributed by atoms with van der Waals surface area (Å²) in [7, 11) is 3.17. The molecule has 0 saturated carbocycles. The molecule has 2 aliphatic rings. The van der Waals surface area contributed by atoms with Crippen LogP contribution in [0.25, 0.3) is 0 Å². The number of phenolic OH excluding ortho intramolecular Hbond substituents is 1. The van der Waals surface area contributed by atoms with Crippen LogP contribution in [0.2, 0.25) is 0 Å². The van der Waals surface area contributed by atoms with Gasteiger partial charge in [0, 0.05) is 35.7 Å². The Hall–Kier alpha value is -4.24. The van der Waals surface area contributed by atoms with E-state index in [2.05, 4.69) is 21.2 Å². The van der Waals surface area contributed by atoms with Crippen LogP contribution in [0, 0.1) is 0 Å². The van der Waals surface area contributed by atoms with Gasteiger partial charge in [0.05, 0.1) is 37.5 Å². The first kappa shape index (κ1) is 31.2. The lowest BCUT2D eigenvalue weighted by molar-refractivity contribution is -0.139. The standard InChI is InChI=1S/C35H36BrNO7/c1-5-43-30-19-24(15-25(36)34(30)39)32-31(35(40)44-14-13-21-9-7-6-8-10-21)20(2)37-26-16-23(17-27(38)33(26)32)22-11-12-28(41-3)29(18-22)42-4/h6-12,15,18-19,23,32,37,39H,5,13-14,16-17H2,1-4H3/t23-,32+/m1/s1. The van der Waals surface area contributed by atoms with Crippen molar-refractivity contribution in [2.24, 2.45) is 0 Å². The number of Topliss-reactive ketones (excluding diaryl/α,β-unsaturated/α-hetero) is 1. The summed E-state index contributed by atoms with van der Waals surface area (Å²) >= 11 is 3.44. The van der Waals surface area contributed by atoms with Crippen LogP contribution in [0.1, 0.15) is 55.2 Å². The molecule has 0 bridgehead atoms. The topological polar surface area (TPSA) is 103 Å². The Morgan fingerprint density at radius 1 is 0.977 bits per heavy atom. The zero-order valence-corrected chi connectivity index (χ0v) is 26.8. The van der Waals surface area contributed by atoms with Gasteiger partial charge in [-0.2, -0.15) is 0 Å². The predicted molar refractivity (Wildman–Crippen MR) is 170 cm³/mol. The number of hydrogen-bond acceptors (Lipinski definition) is 8. The maximum atomic E-state index is 14.1. The molecule has 5 rings (SSSR count). The molecule has 44 heavy (non-hydrogen) atoms. The lowest BCUT2D eigenvalue weighted by atomic mass is 9.71. The van der Waals surface area contributed by atoms with E-state index in [4.69, 9.17) is 18.9 Å². The summed E-state index contributed by atoms with van der Waals surface area (Å²) in [6.07, 6.45) is 1.37. The minimum atomic E-state index is -0.717. The molecule has 2 atom stereocenters. The normalized spacial score (nSPS) is 18.0. The molecule has 3 aromatic rings. The van der Waals surface area contributed by atoms with Crippen molar-refractivity contribution in [3.05, 3.63) is 104 Å². The highest BCUT2D eigenvalue weighted by atomic mass is 79.9. The number of hydrogen-bond donors (Lipinski definition) is 2. The van der Waals surface area contributed by atoms with Crippen LogP contribution in [0.4, 0.5) is 0 Å². The van der Waals surface area contributed by atoms with Gasteiger partial charge in [0.2, 0.25) is 0 Å². The molecule has 230 valence electrons. The summed E-state index contributed by atoms with van der Waals surface area (Å²) in [5.41, 5.74) is 4.89. The highest BCUT2D eigenvalue weighted by Gasteiger charge is 2.42. The van der Waals surface area contributed by atoms with Gasteiger partial charge in [0.15, 0.2) is 28.8 Å². The van der Waals surface area contributed by atoms with Crippen LogP contribution in [0.3, 0.4) is 0 Å². The van der Waals surface area contributed by atoms with Crippen molar-refractivity contribution in [1.82, 2.24) is 5.32 Å². The van der Waals surface area contributed by atoms with Gasteiger partial charge in [0.25, 0.3) is 0 Å². The third-order valence-electron chi connectivity index (χ3n) is 8.08. The van der Waals surface area contributed by atoms with Crippen molar-refractivity contribution in [1.29, 1.82) is 0 Å². The number of nitrogens with one attached hydrogen (secondary N) is 1. The molecule has 0 unspecified atom stereocenters. The first-order chi connectivity index (χ1) is 21.2. The van der Waals surface area contributed by atoms with Gasteiger partial charge in [-0.15, -0.1) is 0 Å². The first-order valence-electron chi connectivity index (χ1n) is 14.6. The van der Waals surface area contributed by atoms with Gasteiger partial charge in [0.1, 0.15) is 0 Å². The van der Waals surface area contributed by atoms with Gasteiger partial charge < -0.3 is 29.4 Å². The molecule has 1 aliphatic carbocycles. The van der Waals surface area contributed by atoms with Crippen molar-refractivity contribution < 1.29 is 33.6 Å². The van der Waals surface area contributed by atoms with E-state index in [0.717, 1.165) is 16.8 Å². The van der Waals surface area contributed by atoms with E-state index in [0.29, 0.717) is 57.8 Å². The highest BCUT2D eigenvalue weighted by molar-refractivity contribution is 9.10. The van der Waals surface area contributed by atoms with E-state index in [-0.39, 0.29) is 36.2 Å². The summed E-state index contributed by atoms with van der Waals surface area (Å²) in [5.74, 6) is 0.0324. The summed E-state index contributed by atoms with van der Waals surface area (Å²) in [4.78, 5) is 27.9. The second-order valence-electron chi connectivity index (χ2n) is 10.8. The highest BCUT2D eigenvalue weighted by Crippen LogP contribution is 2.48. The first-order valence-corrected chi connectivity index (χ1v) is 15.4. The Kier molecular flexibility index (Phi) is 9.64. The molecular formula is C35H36BrNO7. The molecule has 9 heteroatoms. The summed E-state index contributed by atoms with van der Waals surface area (Å²) < 4.78 is 22.8.